The molecule has 10 heavy (non-hydrogen) atoms. The van der Waals surface area contributed by atoms with E-state index in [1.807, 2.05) is 0 Å². The van der Waals surface area contributed by atoms with E-state index in [4.69, 9.17) is 16.7 Å². The summed E-state index contributed by atoms with van der Waals surface area (Å²) in [4.78, 5) is 0. The van der Waals surface area contributed by atoms with Gasteiger partial charge in [-0.05, 0) is 0 Å². The van der Waals surface area contributed by atoms with Gasteiger partial charge in [-0.25, -0.2) is 0 Å². The van der Waals surface area contributed by atoms with E-state index in [1.54, 1.807) is 0 Å². The molecule has 0 rings (SSSR count). The quantitative estimate of drug-likeness (QED) is 0.513. The normalized spacial score (nSPS) is 14.9. The first kappa shape index (κ1) is 10.3. The van der Waals surface area contributed by atoms with Gasteiger partial charge < -0.3 is 5.11 Å². The summed E-state index contributed by atoms with van der Waals surface area (Å²) in [5.74, 6) is 0.0624. The van der Waals surface area contributed by atoms with Crippen LogP contribution in [0.15, 0.2) is 0 Å². The molecule has 0 saturated heterocycles. The molecule has 0 fully saturated rings. The van der Waals surface area contributed by atoms with Crippen molar-refractivity contribution in [2.75, 3.05) is 19.6 Å². The van der Waals surface area contributed by atoms with Crippen LogP contribution in [0.3, 0.4) is 0 Å². The summed E-state index contributed by atoms with van der Waals surface area (Å²) in [6.07, 6.45) is -0.782. The number of aliphatic hydroxyl groups excluding tert-OH is 1. The van der Waals surface area contributed by atoms with Gasteiger partial charge >= 0.3 is 8.25 Å². The molecule has 0 heterocycles. The van der Waals surface area contributed by atoms with E-state index in [1.165, 1.54) is 7.11 Å². The summed E-state index contributed by atoms with van der Waals surface area (Å²) in [5, 5.41) is 8.76. The predicted molar refractivity (Wildman–Crippen MR) is 37.3 cm³/mol. The third kappa shape index (κ3) is 5.09. The summed E-state index contributed by atoms with van der Waals surface area (Å²) in [5.41, 5.74) is 0. The van der Waals surface area contributed by atoms with Gasteiger partial charge in [0.25, 0.3) is 0 Å². The van der Waals surface area contributed by atoms with Gasteiger partial charge in [-0.15, -0.1) is 20.6 Å². The van der Waals surface area contributed by atoms with E-state index in [2.05, 4.69) is 9.05 Å². The Morgan fingerprint density at radius 1 is 1.80 bits per heavy atom. The number of hydrogen-bond acceptors (Lipinski definition) is 4. The molecule has 0 spiro atoms. The molecule has 0 amide bonds. The zero-order chi connectivity index (χ0) is 7.98. The molecule has 0 aliphatic carbocycles. The Hall–Kier alpha value is 0.270. The second kappa shape index (κ2) is 6.01. The topological polar surface area (TPSA) is 55.8 Å². The predicted octanol–water partition coefficient (Wildman–Crippen LogP) is 0.906. The zero-order valence-electron chi connectivity index (χ0n) is 5.49. The van der Waals surface area contributed by atoms with Crippen LogP contribution < -0.4 is 0 Å². The molecule has 4 nitrogen and oxygen atoms in total. The van der Waals surface area contributed by atoms with Gasteiger partial charge in [0.1, 0.15) is 6.61 Å². The lowest BCUT2D eigenvalue weighted by molar-refractivity contribution is 0.118. The Morgan fingerprint density at radius 2 is 2.40 bits per heavy atom. The molecule has 0 radical (unpaired) electrons. The standard InChI is InChI=1S/C4H9ClO4P/c1-8-10(7)9-3-4(6)2-5/h4,6H,2-3H2,1H3/q+1. The van der Waals surface area contributed by atoms with Crippen molar-refractivity contribution in [3.63, 3.8) is 0 Å². The summed E-state index contributed by atoms with van der Waals surface area (Å²) in [6, 6.07) is 0. The number of halogens is 1. The van der Waals surface area contributed by atoms with Crippen molar-refractivity contribution >= 4 is 19.9 Å². The van der Waals surface area contributed by atoms with Gasteiger partial charge in [-0.3, -0.25) is 0 Å². The maximum atomic E-state index is 10.4. The minimum Gasteiger partial charge on any atom is -0.389 e. The van der Waals surface area contributed by atoms with Crippen molar-refractivity contribution in [3.8, 4) is 0 Å². The summed E-state index contributed by atoms with van der Waals surface area (Å²) in [6.45, 7) is -0.0630. The first-order valence-corrected chi connectivity index (χ1v) is 4.22. The SMILES string of the molecule is CO[P+](=O)OCC(O)CCl. The fraction of sp³-hybridized carbons (Fsp3) is 1.00. The minimum atomic E-state index is -2.09. The molecule has 0 aliphatic rings. The van der Waals surface area contributed by atoms with Crippen LogP contribution in [0, 0.1) is 0 Å². The molecule has 0 aromatic heterocycles. The molecule has 0 aromatic carbocycles. The Labute approximate surface area is 65.0 Å². The third-order valence-electron chi connectivity index (χ3n) is 0.700. The van der Waals surface area contributed by atoms with Crippen LogP contribution in [0.2, 0.25) is 0 Å². The lowest BCUT2D eigenvalue weighted by atomic mass is 10.4. The first-order chi connectivity index (χ1) is 4.70. The van der Waals surface area contributed by atoms with Crippen LogP contribution in [-0.2, 0) is 13.6 Å². The van der Waals surface area contributed by atoms with Gasteiger partial charge in [0.2, 0.25) is 0 Å². The lowest BCUT2D eigenvalue weighted by Crippen LogP contribution is -2.14. The molecular weight excluding hydrogens is 178 g/mol. The average molecular weight is 188 g/mol. The van der Waals surface area contributed by atoms with Gasteiger partial charge in [-0.2, -0.15) is 0 Å². The summed E-state index contributed by atoms with van der Waals surface area (Å²) < 4.78 is 19.2. The summed E-state index contributed by atoms with van der Waals surface area (Å²) in [7, 11) is -0.829. The highest BCUT2D eigenvalue weighted by Gasteiger charge is 2.18. The summed E-state index contributed by atoms with van der Waals surface area (Å²) >= 11 is 5.21. The van der Waals surface area contributed by atoms with Crippen molar-refractivity contribution in [1.82, 2.24) is 0 Å². The molecule has 60 valence electrons. The second-order valence-electron chi connectivity index (χ2n) is 1.51. The molecule has 1 N–H and O–H groups in total. The minimum absolute atomic E-state index is 0.0624. The van der Waals surface area contributed by atoms with E-state index in [0.717, 1.165) is 0 Å². The van der Waals surface area contributed by atoms with Crippen molar-refractivity contribution < 1.29 is 18.7 Å². The van der Waals surface area contributed by atoms with Gasteiger partial charge in [-0.1, -0.05) is 0 Å². The van der Waals surface area contributed by atoms with Crippen molar-refractivity contribution in [2.45, 2.75) is 6.10 Å². The molecule has 0 aromatic rings. The Morgan fingerprint density at radius 3 is 2.80 bits per heavy atom. The largest absolute Gasteiger partial charge is 0.697 e. The van der Waals surface area contributed by atoms with E-state index in [9.17, 15) is 4.57 Å². The fourth-order valence-corrected chi connectivity index (χ4v) is 0.732. The number of rotatable bonds is 5. The Kier molecular flexibility index (Phi) is 6.17. The van der Waals surface area contributed by atoms with E-state index in [0.29, 0.717) is 0 Å². The molecule has 6 heteroatoms. The number of hydrogen-bond donors (Lipinski definition) is 1. The van der Waals surface area contributed by atoms with Crippen molar-refractivity contribution in [1.29, 1.82) is 0 Å². The van der Waals surface area contributed by atoms with Crippen LogP contribution in [-0.4, -0.2) is 30.8 Å². The maximum Gasteiger partial charge on any atom is 0.697 e. The van der Waals surface area contributed by atoms with Crippen molar-refractivity contribution in [2.24, 2.45) is 0 Å². The molecule has 2 unspecified atom stereocenters. The third-order valence-corrected chi connectivity index (χ3v) is 1.71. The van der Waals surface area contributed by atoms with E-state index >= 15 is 0 Å². The van der Waals surface area contributed by atoms with E-state index < -0.39 is 14.4 Å². The lowest BCUT2D eigenvalue weighted by Gasteiger charge is -1.97. The highest BCUT2D eigenvalue weighted by atomic mass is 35.5. The number of aliphatic hydroxyl groups is 1. The van der Waals surface area contributed by atoms with Crippen LogP contribution >= 0.6 is 19.9 Å². The van der Waals surface area contributed by atoms with Crippen LogP contribution in [0.5, 0.6) is 0 Å². The molecular formula is C4H9ClO4P+. The van der Waals surface area contributed by atoms with Gasteiger partial charge in [0.05, 0.1) is 19.1 Å². The van der Waals surface area contributed by atoms with Crippen molar-refractivity contribution in [3.05, 3.63) is 0 Å². The fourth-order valence-electron chi connectivity index (χ4n) is 0.244. The van der Waals surface area contributed by atoms with Crippen LogP contribution in [0.25, 0.3) is 0 Å². The highest BCUT2D eigenvalue weighted by Crippen LogP contribution is 2.21. The zero-order valence-corrected chi connectivity index (χ0v) is 7.14. The smallest absolute Gasteiger partial charge is 0.389 e. The van der Waals surface area contributed by atoms with Gasteiger partial charge in [0.15, 0.2) is 0 Å². The molecule has 2 atom stereocenters. The van der Waals surface area contributed by atoms with Crippen LogP contribution in [0.4, 0.5) is 0 Å². The Balaban J connectivity index is 3.26. The average Bonchev–Trinajstić information content (AvgIpc) is 1.99. The molecule has 0 aliphatic heterocycles. The van der Waals surface area contributed by atoms with Crippen LogP contribution in [0.1, 0.15) is 0 Å². The monoisotopic (exact) mass is 187 g/mol. The Bertz CT molecular complexity index is 109. The first-order valence-electron chi connectivity index (χ1n) is 2.59. The second-order valence-corrected chi connectivity index (χ2v) is 2.89. The highest BCUT2D eigenvalue weighted by molar-refractivity contribution is 7.33. The van der Waals surface area contributed by atoms with E-state index in [-0.39, 0.29) is 12.5 Å². The molecule has 0 saturated carbocycles. The molecule has 0 bridgehead atoms. The maximum absolute atomic E-state index is 10.4. The van der Waals surface area contributed by atoms with Gasteiger partial charge in [0, 0.05) is 4.57 Å². The number of alkyl halides is 1.